The minimum atomic E-state index is -4.39. The number of alkyl halides is 3. The van der Waals surface area contributed by atoms with Gasteiger partial charge < -0.3 is 4.90 Å². The summed E-state index contributed by atoms with van der Waals surface area (Å²) in [7, 11) is 0. The molecule has 1 aromatic rings. The maximum atomic E-state index is 13.0. The summed E-state index contributed by atoms with van der Waals surface area (Å²) >= 11 is 5.92. The third-order valence-corrected chi connectivity index (χ3v) is 6.17. The number of carbonyl (C=O) groups excluding carboxylic acids is 1. The van der Waals surface area contributed by atoms with Gasteiger partial charge in [-0.15, -0.1) is 0 Å². The van der Waals surface area contributed by atoms with Crippen molar-refractivity contribution in [2.24, 2.45) is 5.92 Å². The van der Waals surface area contributed by atoms with Crippen molar-refractivity contribution in [3.63, 3.8) is 0 Å². The van der Waals surface area contributed by atoms with Crippen LogP contribution in [0.5, 0.6) is 0 Å². The largest absolute Gasteiger partial charge is 0.416 e. The standard InChI is InChI=1S/C21H29ClF3N3O/c1-16(29)15-27-6-3-17(4-7-27)2-5-26-8-10-28(11-9-26)20-13-18(21(23,24)25)12-19(22)14-20/h12-14,17H,2-11,15H2,1H3. The van der Waals surface area contributed by atoms with Crippen LogP contribution < -0.4 is 4.90 Å². The highest BCUT2D eigenvalue weighted by Gasteiger charge is 2.32. The van der Waals surface area contributed by atoms with Gasteiger partial charge in [-0.2, -0.15) is 13.2 Å². The van der Waals surface area contributed by atoms with Crippen molar-refractivity contribution in [1.29, 1.82) is 0 Å². The fourth-order valence-corrected chi connectivity index (χ4v) is 4.49. The van der Waals surface area contributed by atoms with E-state index in [9.17, 15) is 18.0 Å². The van der Waals surface area contributed by atoms with Crippen molar-refractivity contribution in [2.75, 3.05) is 57.3 Å². The van der Waals surface area contributed by atoms with Crippen molar-refractivity contribution in [2.45, 2.75) is 32.4 Å². The number of rotatable bonds is 6. The molecule has 2 aliphatic rings. The Morgan fingerprint density at radius 3 is 2.28 bits per heavy atom. The number of piperidine rings is 1. The molecule has 3 rings (SSSR count). The Hall–Kier alpha value is -1.31. The summed E-state index contributed by atoms with van der Waals surface area (Å²) in [5, 5.41) is 0.119. The Kier molecular flexibility index (Phi) is 7.46. The van der Waals surface area contributed by atoms with Crippen molar-refractivity contribution >= 4 is 23.1 Å². The fraction of sp³-hybridized carbons (Fsp3) is 0.667. The summed E-state index contributed by atoms with van der Waals surface area (Å²) in [4.78, 5) is 17.8. The van der Waals surface area contributed by atoms with E-state index in [4.69, 9.17) is 11.6 Å². The number of benzene rings is 1. The molecule has 2 aliphatic heterocycles. The molecule has 0 bridgehead atoms. The molecule has 162 valence electrons. The lowest BCUT2D eigenvalue weighted by atomic mass is 9.93. The number of anilines is 1. The van der Waals surface area contributed by atoms with E-state index in [1.807, 2.05) is 4.90 Å². The minimum Gasteiger partial charge on any atom is -0.369 e. The predicted octanol–water partition coefficient (Wildman–Crippen LogP) is 4.17. The number of Topliss-reactive ketones (excluding diaryl/α,β-unsaturated/α-hetero) is 1. The van der Waals surface area contributed by atoms with E-state index in [0.29, 0.717) is 31.2 Å². The second-order valence-electron chi connectivity index (χ2n) is 8.23. The van der Waals surface area contributed by atoms with Crippen molar-refractivity contribution in [3.8, 4) is 0 Å². The zero-order valence-electron chi connectivity index (χ0n) is 16.8. The van der Waals surface area contributed by atoms with Crippen molar-refractivity contribution < 1.29 is 18.0 Å². The van der Waals surface area contributed by atoms with E-state index in [1.54, 1.807) is 13.0 Å². The van der Waals surface area contributed by atoms with Gasteiger partial charge in [-0.05, 0) is 69.9 Å². The van der Waals surface area contributed by atoms with Gasteiger partial charge in [0, 0.05) is 36.9 Å². The highest BCUT2D eigenvalue weighted by Crippen LogP contribution is 2.34. The van der Waals surface area contributed by atoms with Crippen LogP contribution in [-0.4, -0.2) is 67.9 Å². The third-order valence-electron chi connectivity index (χ3n) is 5.95. The van der Waals surface area contributed by atoms with E-state index in [1.165, 1.54) is 6.07 Å². The average molecular weight is 432 g/mol. The first kappa shape index (κ1) is 22.4. The molecule has 0 N–H and O–H groups in total. The zero-order chi connectivity index (χ0) is 21.0. The molecule has 0 aliphatic carbocycles. The Morgan fingerprint density at radius 1 is 1.03 bits per heavy atom. The highest BCUT2D eigenvalue weighted by molar-refractivity contribution is 6.31. The van der Waals surface area contributed by atoms with Crippen LogP contribution in [0.25, 0.3) is 0 Å². The molecule has 0 unspecified atom stereocenters. The van der Waals surface area contributed by atoms with Gasteiger partial charge in [0.05, 0.1) is 12.1 Å². The normalized spacial score (nSPS) is 20.2. The Labute approximate surface area is 175 Å². The molecule has 0 amide bonds. The van der Waals surface area contributed by atoms with E-state index in [0.717, 1.165) is 58.1 Å². The molecule has 2 saturated heterocycles. The third kappa shape index (κ3) is 6.59. The Morgan fingerprint density at radius 2 is 1.69 bits per heavy atom. The van der Waals surface area contributed by atoms with E-state index < -0.39 is 11.7 Å². The SMILES string of the molecule is CC(=O)CN1CCC(CCN2CCN(c3cc(Cl)cc(C(F)(F)F)c3)CC2)CC1. The maximum absolute atomic E-state index is 13.0. The van der Waals surface area contributed by atoms with Gasteiger partial charge in [-0.1, -0.05) is 11.6 Å². The van der Waals surface area contributed by atoms with Gasteiger partial charge in [-0.3, -0.25) is 14.6 Å². The van der Waals surface area contributed by atoms with Crippen LogP contribution in [-0.2, 0) is 11.0 Å². The highest BCUT2D eigenvalue weighted by atomic mass is 35.5. The second kappa shape index (κ2) is 9.67. The van der Waals surface area contributed by atoms with Crippen LogP contribution in [0.15, 0.2) is 18.2 Å². The van der Waals surface area contributed by atoms with Crippen LogP contribution in [0.4, 0.5) is 18.9 Å². The van der Waals surface area contributed by atoms with Crippen molar-refractivity contribution in [3.05, 3.63) is 28.8 Å². The number of carbonyl (C=O) groups is 1. The molecule has 0 saturated carbocycles. The summed E-state index contributed by atoms with van der Waals surface area (Å²) in [6, 6.07) is 3.78. The molecule has 2 heterocycles. The van der Waals surface area contributed by atoms with Crippen molar-refractivity contribution in [1.82, 2.24) is 9.80 Å². The average Bonchev–Trinajstić information content (AvgIpc) is 2.66. The van der Waals surface area contributed by atoms with Crippen LogP contribution in [0, 0.1) is 5.92 Å². The predicted molar refractivity (Wildman–Crippen MR) is 110 cm³/mol. The lowest BCUT2D eigenvalue weighted by molar-refractivity contribution is -0.137. The first-order chi connectivity index (χ1) is 13.7. The molecule has 1 aromatic carbocycles. The topological polar surface area (TPSA) is 26.8 Å². The fourth-order valence-electron chi connectivity index (χ4n) is 4.26. The Bertz CT molecular complexity index is 697. The molecule has 0 radical (unpaired) electrons. The van der Waals surface area contributed by atoms with E-state index >= 15 is 0 Å². The number of halogens is 4. The van der Waals surface area contributed by atoms with Gasteiger partial charge in [0.2, 0.25) is 0 Å². The van der Waals surface area contributed by atoms with Gasteiger partial charge in [0.25, 0.3) is 0 Å². The van der Waals surface area contributed by atoms with Crippen LogP contribution in [0.1, 0.15) is 31.7 Å². The summed E-state index contributed by atoms with van der Waals surface area (Å²) in [5.41, 5.74) is -0.152. The molecule has 2 fully saturated rings. The van der Waals surface area contributed by atoms with E-state index in [-0.39, 0.29) is 10.8 Å². The van der Waals surface area contributed by atoms with Gasteiger partial charge >= 0.3 is 6.18 Å². The molecule has 29 heavy (non-hydrogen) atoms. The summed E-state index contributed by atoms with van der Waals surface area (Å²) in [6.07, 6.45) is -0.975. The van der Waals surface area contributed by atoms with Gasteiger partial charge in [0.15, 0.2) is 0 Å². The Balaban J connectivity index is 1.43. The number of nitrogens with zero attached hydrogens (tertiary/aromatic N) is 3. The smallest absolute Gasteiger partial charge is 0.369 e. The van der Waals surface area contributed by atoms with Crippen LogP contribution >= 0.6 is 11.6 Å². The zero-order valence-corrected chi connectivity index (χ0v) is 17.6. The maximum Gasteiger partial charge on any atom is 0.416 e. The molecular formula is C21H29ClF3N3O. The summed E-state index contributed by atoms with van der Waals surface area (Å²) in [5.74, 6) is 0.918. The number of likely N-dealkylation sites (tertiary alicyclic amines) is 1. The number of hydrogen-bond donors (Lipinski definition) is 0. The lowest BCUT2D eigenvalue weighted by Gasteiger charge is -2.37. The molecule has 0 spiro atoms. The van der Waals surface area contributed by atoms with Gasteiger partial charge in [0.1, 0.15) is 5.78 Å². The minimum absolute atomic E-state index is 0.119. The number of hydrogen-bond acceptors (Lipinski definition) is 4. The molecular weight excluding hydrogens is 403 g/mol. The van der Waals surface area contributed by atoms with Crippen LogP contribution in [0.3, 0.4) is 0 Å². The second-order valence-corrected chi connectivity index (χ2v) is 8.67. The van der Waals surface area contributed by atoms with Gasteiger partial charge in [-0.25, -0.2) is 0 Å². The molecule has 8 heteroatoms. The lowest BCUT2D eigenvalue weighted by Crippen LogP contribution is -2.47. The monoisotopic (exact) mass is 431 g/mol. The molecule has 4 nitrogen and oxygen atoms in total. The first-order valence-electron chi connectivity index (χ1n) is 10.3. The molecule has 0 aromatic heterocycles. The number of ketones is 1. The van der Waals surface area contributed by atoms with Crippen LogP contribution in [0.2, 0.25) is 5.02 Å². The van der Waals surface area contributed by atoms with E-state index in [2.05, 4.69) is 9.80 Å². The summed E-state index contributed by atoms with van der Waals surface area (Å²) < 4.78 is 39.1. The quantitative estimate of drug-likeness (QED) is 0.675. The number of piperazine rings is 1. The summed E-state index contributed by atoms with van der Waals surface area (Å²) in [6.45, 7) is 8.31. The first-order valence-corrected chi connectivity index (χ1v) is 10.7. The molecule has 0 atom stereocenters.